The number of hydrogen-bond donors (Lipinski definition) is 0. The molecule has 1 saturated heterocycles. The lowest BCUT2D eigenvalue weighted by atomic mass is 10.2. The first kappa shape index (κ1) is 14.0. The van der Waals surface area contributed by atoms with Crippen LogP contribution in [0.1, 0.15) is 11.1 Å². The van der Waals surface area contributed by atoms with Gasteiger partial charge in [-0.2, -0.15) is 0 Å². The molecule has 0 atom stereocenters. The van der Waals surface area contributed by atoms with Gasteiger partial charge in [0.1, 0.15) is 5.82 Å². The van der Waals surface area contributed by atoms with Crippen molar-refractivity contribution in [1.82, 2.24) is 9.88 Å². The molecule has 2 heterocycles. The van der Waals surface area contributed by atoms with Gasteiger partial charge in [0.2, 0.25) is 0 Å². The highest BCUT2D eigenvalue weighted by molar-refractivity contribution is 5.48. The molecule has 0 spiro atoms. The van der Waals surface area contributed by atoms with Crippen molar-refractivity contribution in [3.63, 3.8) is 0 Å². The highest BCUT2D eigenvalue weighted by Crippen LogP contribution is 2.18. The Morgan fingerprint density at radius 2 is 1.90 bits per heavy atom. The first-order valence-corrected chi connectivity index (χ1v) is 7.34. The molecular weight excluding hydrogens is 265 g/mol. The van der Waals surface area contributed by atoms with Crippen LogP contribution in [0.2, 0.25) is 0 Å². The minimum Gasteiger partial charge on any atom is -0.369 e. The van der Waals surface area contributed by atoms with E-state index in [9.17, 15) is 4.39 Å². The molecular formula is C17H20FN3. The maximum absolute atomic E-state index is 13.2. The molecule has 4 heteroatoms. The number of hydrogen-bond acceptors (Lipinski definition) is 3. The van der Waals surface area contributed by atoms with Crippen LogP contribution in [0.3, 0.4) is 0 Å². The number of benzene rings is 1. The summed E-state index contributed by atoms with van der Waals surface area (Å²) in [6, 6.07) is 10.2. The van der Waals surface area contributed by atoms with Gasteiger partial charge in [-0.15, -0.1) is 0 Å². The van der Waals surface area contributed by atoms with E-state index >= 15 is 0 Å². The largest absolute Gasteiger partial charge is 0.369 e. The summed E-state index contributed by atoms with van der Waals surface area (Å²) < 4.78 is 13.2. The molecule has 1 aromatic carbocycles. The van der Waals surface area contributed by atoms with Crippen molar-refractivity contribution in [3.05, 3.63) is 59.7 Å². The Kier molecular flexibility index (Phi) is 4.15. The molecule has 2 aromatic rings. The minimum absolute atomic E-state index is 0.258. The highest BCUT2D eigenvalue weighted by Gasteiger charge is 2.17. The third-order valence-electron chi connectivity index (χ3n) is 3.91. The van der Waals surface area contributed by atoms with E-state index in [-0.39, 0.29) is 5.82 Å². The van der Waals surface area contributed by atoms with E-state index in [4.69, 9.17) is 0 Å². The summed E-state index contributed by atoms with van der Waals surface area (Å²) in [4.78, 5) is 8.67. The van der Waals surface area contributed by atoms with E-state index in [1.165, 1.54) is 17.4 Å². The maximum atomic E-state index is 13.2. The molecule has 3 rings (SSSR count). The average Bonchev–Trinajstić information content (AvgIpc) is 2.48. The smallest absolute Gasteiger partial charge is 0.141 e. The molecule has 110 valence electrons. The Labute approximate surface area is 125 Å². The number of nitrogens with zero attached hydrogens (tertiary/aromatic N) is 3. The van der Waals surface area contributed by atoms with Gasteiger partial charge in [0.05, 0.1) is 6.20 Å². The van der Waals surface area contributed by atoms with E-state index < -0.39 is 0 Å². The second kappa shape index (κ2) is 6.22. The fraction of sp³-hybridized carbons (Fsp3) is 0.353. The Bertz CT molecular complexity index is 606. The van der Waals surface area contributed by atoms with Crippen molar-refractivity contribution in [2.75, 3.05) is 31.1 Å². The van der Waals surface area contributed by atoms with Gasteiger partial charge in [-0.3, -0.25) is 9.88 Å². The number of halogens is 1. The maximum Gasteiger partial charge on any atom is 0.141 e. The van der Waals surface area contributed by atoms with Crippen LogP contribution >= 0.6 is 0 Å². The predicted molar refractivity (Wildman–Crippen MR) is 82.9 cm³/mol. The Hall–Kier alpha value is -1.94. The molecule has 0 bridgehead atoms. The predicted octanol–water partition coefficient (Wildman–Crippen LogP) is 2.85. The van der Waals surface area contributed by atoms with Gasteiger partial charge in [0.15, 0.2) is 0 Å². The van der Waals surface area contributed by atoms with E-state index in [1.54, 1.807) is 12.3 Å². The third kappa shape index (κ3) is 3.58. The van der Waals surface area contributed by atoms with Crippen molar-refractivity contribution in [2.45, 2.75) is 13.5 Å². The number of aromatic nitrogens is 1. The average molecular weight is 285 g/mol. The monoisotopic (exact) mass is 285 g/mol. The summed E-state index contributed by atoms with van der Waals surface area (Å²) >= 11 is 0. The van der Waals surface area contributed by atoms with Crippen LogP contribution in [0.25, 0.3) is 0 Å². The van der Waals surface area contributed by atoms with Gasteiger partial charge in [0, 0.05) is 44.6 Å². The normalized spacial score (nSPS) is 16.2. The fourth-order valence-corrected chi connectivity index (χ4v) is 2.79. The zero-order valence-electron chi connectivity index (χ0n) is 12.3. The molecule has 1 aliphatic heterocycles. The van der Waals surface area contributed by atoms with E-state index in [1.807, 2.05) is 0 Å². The molecule has 3 nitrogen and oxygen atoms in total. The standard InChI is InChI=1S/C17H20FN3/c1-14-3-2-4-17(9-14)21-7-5-20(6-8-21)13-15-10-16(18)12-19-11-15/h2-4,9-12H,5-8,13H2,1H3. The van der Waals surface area contributed by atoms with Crippen LogP contribution in [0.4, 0.5) is 10.1 Å². The van der Waals surface area contributed by atoms with Crippen molar-refractivity contribution in [1.29, 1.82) is 0 Å². The van der Waals surface area contributed by atoms with Crippen molar-refractivity contribution in [3.8, 4) is 0 Å². The minimum atomic E-state index is -0.258. The van der Waals surface area contributed by atoms with Gasteiger partial charge < -0.3 is 4.90 Å². The number of piperazine rings is 1. The van der Waals surface area contributed by atoms with Crippen LogP contribution < -0.4 is 4.90 Å². The van der Waals surface area contributed by atoms with E-state index in [0.717, 1.165) is 38.3 Å². The molecule has 1 aliphatic rings. The summed E-state index contributed by atoms with van der Waals surface area (Å²) in [5, 5.41) is 0. The Balaban J connectivity index is 1.58. The van der Waals surface area contributed by atoms with Crippen LogP contribution in [0, 0.1) is 12.7 Å². The fourth-order valence-electron chi connectivity index (χ4n) is 2.79. The molecule has 0 amide bonds. The number of anilines is 1. The molecule has 0 saturated carbocycles. The van der Waals surface area contributed by atoms with Gasteiger partial charge in [-0.1, -0.05) is 12.1 Å². The number of pyridine rings is 1. The van der Waals surface area contributed by atoms with Crippen LogP contribution in [0.15, 0.2) is 42.7 Å². The molecule has 1 aromatic heterocycles. The first-order chi connectivity index (χ1) is 10.2. The first-order valence-electron chi connectivity index (χ1n) is 7.34. The highest BCUT2D eigenvalue weighted by atomic mass is 19.1. The molecule has 1 fully saturated rings. The quantitative estimate of drug-likeness (QED) is 0.864. The van der Waals surface area contributed by atoms with Gasteiger partial charge in [-0.05, 0) is 36.2 Å². The molecule has 21 heavy (non-hydrogen) atoms. The van der Waals surface area contributed by atoms with Gasteiger partial charge in [0.25, 0.3) is 0 Å². The third-order valence-corrected chi connectivity index (χ3v) is 3.91. The van der Waals surface area contributed by atoms with Gasteiger partial charge >= 0.3 is 0 Å². The lowest BCUT2D eigenvalue weighted by molar-refractivity contribution is 0.249. The van der Waals surface area contributed by atoms with Crippen molar-refractivity contribution in [2.24, 2.45) is 0 Å². The topological polar surface area (TPSA) is 19.4 Å². The van der Waals surface area contributed by atoms with Crippen LogP contribution in [0.5, 0.6) is 0 Å². The van der Waals surface area contributed by atoms with E-state index in [0.29, 0.717) is 0 Å². The lowest BCUT2D eigenvalue weighted by Gasteiger charge is -2.36. The van der Waals surface area contributed by atoms with Gasteiger partial charge in [-0.25, -0.2) is 4.39 Å². The summed E-state index contributed by atoms with van der Waals surface area (Å²) in [5.41, 5.74) is 3.53. The Morgan fingerprint density at radius 1 is 1.10 bits per heavy atom. The SMILES string of the molecule is Cc1cccc(N2CCN(Cc3cncc(F)c3)CC2)c1. The molecule has 0 aliphatic carbocycles. The van der Waals surface area contributed by atoms with Crippen LogP contribution in [-0.4, -0.2) is 36.1 Å². The molecule has 0 radical (unpaired) electrons. The Morgan fingerprint density at radius 3 is 2.62 bits per heavy atom. The molecule has 0 unspecified atom stereocenters. The summed E-state index contributed by atoms with van der Waals surface area (Å²) in [6.45, 7) is 6.89. The lowest BCUT2D eigenvalue weighted by Crippen LogP contribution is -2.46. The van der Waals surface area contributed by atoms with Crippen molar-refractivity contribution < 1.29 is 4.39 Å². The summed E-state index contributed by atoms with van der Waals surface area (Å²) in [6.07, 6.45) is 3.00. The second-order valence-electron chi connectivity index (χ2n) is 5.61. The number of aryl methyl sites for hydroxylation is 1. The van der Waals surface area contributed by atoms with Crippen LogP contribution in [-0.2, 0) is 6.54 Å². The zero-order valence-corrected chi connectivity index (χ0v) is 12.3. The summed E-state index contributed by atoms with van der Waals surface area (Å²) in [5.74, 6) is -0.258. The molecule has 0 N–H and O–H groups in total. The summed E-state index contributed by atoms with van der Waals surface area (Å²) in [7, 11) is 0. The van der Waals surface area contributed by atoms with E-state index in [2.05, 4.69) is 46.0 Å². The second-order valence-corrected chi connectivity index (χ2v) is 5.61. The van der Waals surface area contributed by atoms with Crippen molar-refractivity contribution >= 4 is 5.69 Å². The number of rotatable bonds is 3. The zero-order chi connectivity index (χ0) is 14.7.